The van der Waals surface area contributed by atoms with Crippen molar-refractivity contribution in [3.63, 3.8) is 0 Å². The fraction of sp³-hybridized carbons (Fsp3) is 0.273. The summed E-state index contributed by atoms with van der Waals surface area (Å²) in [7, 11) is 1.63. The number of hydrogen-bond acceptors (Lipinski definition) is 4. The van der Waals surface area contributed by atoms with Crippen molar-refractivity contribution >= 4 is 28.3 Å². The average Bonchev–Trinajstić information content (AvgIpc) is 2.92. The fourth-order valence-electron chi connectivity index (χ4n) is 3.15. The minimum atomic E-state index is -0.233. The van der Waals surface area contributed by atoms with E-state index in [0.29, 0.717) is 11.6 Å². The average molecular weight is 364 g/mol. The Kier molecular flexibility index (Phi) is 5.04. The van der Waals surface area contributed by atoms with Gasteiger partial charge in [-0.25, -0.2) is 4.98 Å². The zero-order valence-corrected chi connectivity index (χ0v) is 16.6. The van der Waals surface area contributed by atoms with Gasteiger partial charge in [-0.3, -0.25) is 4.79 Å². The number of rotatable bonds is 4. The third kappa shape index (κ3) is 3.58. The molecule has 0 radical (unpaired) electrons. The predicted molar refractivity (Wildman–Crippen MR) is 108 cm³/mol. The Bertz CT molecular complexity index is 1040. The maximum absolute atomic E-state index is 12.4. The Labute approximate surface area is 159 Å². The topological polar surface area (TPSA) is 64.4 Å². The molecule has 0 atom stereocenters. The molecule has 0 aliphatic carbocycles. The number of anilines is 1. The molecule has 0 bridgehead atoms. The molecule has 1 N–H and O–H groups in total. The van der Waals surface area contributed by atoms with Gasteiger partial charge in [0.2, 0.25) is 5.91 Å². The summed E-state index contributed by atoms with van der Waals surface area (Å²) >= 11 is 0. The lowest BCUT2D eigenvalue weighted by Crippen LogP contribution is -2.10. The van der Waals surface area contributed by atoms with E-state index < -0.39 is 0 Å². The second-order valence-electron chi connectivity index (χ2n) is 6.78. The minimum absolute atomic E-state index is 0.233. The van der Waals surface area contributed by atoms with Gasteiger partial charge in [-0.1, -0.05) is 6.07 Å². The first-order valence-electron chi connectivity index (χ1n) is 8.81. The highest BCUT2D eigenvalue weighted by atomic mass is 16.5. The number of nitrogens with zero attached hydrogens (tertiary/aromatic N) is 1. The van der Waals surface area contributed by atoms with Gasteiger partial charge in [-0.2, -0.15) is 0 Å². The highest BCUT2D eigenvalue weighted by molar-refractivity contribution is 6.04. The number of benzene rings is 1. The van der Waals surface area contributed by atoms with Crippen LogP contribution in [0.2, 0.25) is 0 Å². The van der Waals surface area contributed by atoms with Gasteiger partial charge >= 0.3 is 0 Å². The van der Waals surface area contributed by atoms with Crippen LogP contribution >= 0.6 is 0 Å². The maximum atomic E-state index is 12.4. The zero-order valence-electron chi connectivity index (χ0n) is 16.6. The molecule has 0 unspecified atom stereocenters. The van der Waals surface area contributed by atoms with Crippen LogP contribution in [0.15, 0.2) is 34.9 Å². The number of methoxy groups -OCH3 is 1. The van der Waals surface area contributed by atoms with Crippen LogP contribution in [0.4, 0.5) is 5.82 Å². The number of furan rings is 1. The molecule has 140 valence electrons. The van der Waals surface area contributed by atoms with E-state index >= 15 is 0 Å². The number of ether oxygens (including phenoxy) is 1. The van der Waals surface area contributed by atoms with Gasteiger partial charge < -0.3 is 14.5 Å². The monoisotopic (exact) mass is 364 g/mol. The third-order valence-electron chi connectivity index (χ3n) is 4.79. The van der Waals surface area contributed by atoms with E-state index in [-0.39, 0.29) is 5.91 Å². The van der Waals surface area contributed by atoms with Gasteiger partial charge in [0, 0.05) is 28.8 Å². The van der Waals surface area contributed by atoms with Gasteiger partial charge in [0.1, 0.15) is 22.9 Å². The SMILES string of the molecule is COc1c(/C(C)=C/C(=O)Nc2ccc(C)cn2)cc2c(C)c(C)oc2c1C. The predicted octanol–water partition coefficient (Wildman–Crippen LogP) is 5.11. The zero-order chi connectivity index (χ0) is 19.7. The molecule has 0 spiro atoms. The van der Waals surface area contributed by atoms with E-state index in [2.05, 4.69) is 10.3 Å². The van der Waals surface area contributed by atoms with Crippen molar-refractivity contribution in [3.8, 4) is 5.75 Å². The van der Waals surface area contributed by atoms with Crippen molar-refractivity contribution in [2.75, 3.05) is 12.4 Å². The molecule has 0 saturated heterocycles. The van der Waals surface area contributed by atoms with Crippen LogP contribution in [0.1, 0.15) is 34.9 Å². The molecular weight excluding hydrogens is 340 g/mol. The number of carbonyl (C=O) groups excluding carboxylic acids is 1. The lowest BCUT2D eigenvalue weighted by molar-refractivity contribution is -0.111. The molecule has 5 nitrogen and oxygen atoms in total. The van der Waals surface area contributed by atoms with E-state index in [1.807, 2.05) is 46.8 Å². The Morgan fingerprint density at radius 2 is 1.93 bits per heavy atom. The lowest BCUT2D eigenvalue weighted by Gasteiger charge is -2.13. The number of pyridine rings is 1. The molecule has 1 aromatic carbocycles. The van der Waals surface area contributed by atoms with E-state index in [0.717, 1.165) is 44.6 Å². The molecule has 1 amide bonds. The van der Waals surface area contributed by atoms with Crippen molar-refractivity contribution in [2.45, 2.75) is 34.6 Å². The highest BCUT2D eigenvalue weighted by Crippen LogP contribution is 2.38. The number of fused-ring (bicyclic) bond motifs is 1. The number of hydrogen-bond donors (Lipinski definition) is 1. The first-order valence-corrected chi connectivity index (χ1v) is 8.81. The second-order valence-corrected chi connectivity index (χ2v) is 6.78. The molecule has 0 aliphatic heterocycles. The van der Waals surface area contributed by atoms with Gasteiger partial charge in [0.15, 0.2) is 0 Å². The summed E-state index contributed by atoms with van der Waals surface area (Å²) in [4.78, 5) is 16.6. The molecule has 2 heterocycles. The second kappa shape index (κ2) is 7.27. The van der Waals surface area contributed by atoms with E-state index in [4.69, 9.17) is 9.15 Å². The van der Waals surface area contributed by atoms with Crippen molar-refractivity contribution in [3.05, 3.63) is 58.5 Å². The Morgan fingerprint density at radius 1 is 1.19 bits per heavy atom. The smallest absolute Gasteiger partial charge is 0.249 e. The van der Waals surface area contributed by atoms with Crippen LogP contribution in [0, 0.1) is 27.7 Å². The molecule has 3 aromatic rings. The highest BCUT2D eigenvalue weighted by Gasteiger charge is 2.18. The Hall–Kier alpha value is -3.08. The van der Waals surface area contributed by atoms with E-state index in [1.54, 1.807) is 25.4 Å². The molecule has 0 aliphatic rings. The first-order chi connectivity index (χ1) is 12.8. The maximum Gasteiger partial charge on any atom is 0.249 e. The standard InChI is InChI=1S/C22H24N2O3/c1-12-7-8-19(23-11-12)24-20(25)9-13(2)17-10-18-14(3)16(5)27-22(18)15(4)21(17)26-6/h7-11H,1-6H3,(H,23,24,25)/b13-9+. The summed E-state index contributed by atoms with van der Waals surface area (Å²) in [6, 6.07) is 5.71. The number of aryl methyl sites for hydroxylation is 4. The number of aromatic nitrogens is 1. The summed E-state index contributed by atoms with van der Waals surface area (Å²) < 4.78 is 11.5. The molecular formula is C22H24N2O3. The molecule has 3 rings (SSSR count). The fourth-order valence-corrected chi connectivity index (χ4v) is 3.15. The van der Waals surface area contributed by atoms with Crippen molar-refractivity contribution in [2.24, 2.45) is 0 Å². The van der Waals surface area contributed by atoms with E-state index in [9.17, 15) is 4.79 Å². The Morgan fingerprint density at radius 3 is 2.56 bits per heavy atom. The first kappa shape index (κ1) is 18.7. The van der Waals surface area contributed by atoms with Gasteiger partial charge in [0.05, 0.1) is 7.11 Å². The number of allylic oxidation sites excluding steroid dienone is 1. The van der Waals surface area contributed by atoms with Crippen LogP contribution < -0.4 is 10.1 Å². The van der Waals surface area contributed by atoms with Gasteiger partial charge in [0.25, 0.3) is 0 Å². The van der Waals surface area contributed by atoms with Crippen LogP contribution in [-0.4, -0.2) is 18.0 Å². The minimum Gasteiger partial charge on any atom is -0.496 e. The van der Waals surface area contributed by atoms with Crippen molar-refractivity contribution in [1.82, 2.24) is 4.98 Å². The number of carbonyl (C=O) groups is 1. The molecule has 2 aromatic heterocycles. The van der Waals surface area contributed by atoms with Gasteiger partial charge in [-0.05, 0) is 63.5 Å². The summed E-state index contributed by atoms with van der Waals surface area (Å²) in [6.45, 7) is 9.80. The van der Waals surface area contributed by atoms with Crippen LogP contribution in [-0.2, 0) is 4.79 Å². The summed E-state index contributed by atoms with van der Waals surface area (Å²) in [5.41, 5.74) is 5.57. The lowest BCUT2D eigenvalue weighted by atomic mass is 9.98. The summed E-state index contributed by atoms with van der Waals surface area (Å²) in [5, 5.41) is 3.83. The third-order valence-corrected chi connectivity index (χ3v) is 4.79. The summed E-state index contributed by atoms with van der Waals surface area (Å²) in [5.74, 6) is 1.89. The van der Waals surface area contributed by atoms with Gasteiger partial charge in [-0.15, -0.1) is 0 Å². The summed E-state index contributed by atoms with van der Waals surface area (Å²) in [6.07, 6.45) is 3.28. The Balaban J connectivity index is 1.99. The van der Waals surface area contributed by atoms with Crippen molar-refractivity contribution in [1.29, 1.82) is 0 Å². The molecule has 0 saturated carbocycles. The van der Waals surface area contributed by atoms with Crippen LogP contribution in [0.5, 0.6) is 5.75 Å². The van der Waals surface area contributed by atoms with Crippen LogP contribution in [0.25, 0.3) is 16.5 Å². The van der Waals surface area contributed by atoms with E-state index in [1.165, 1.54) is 0 Å². The largest absolute Gasteiger partial charge is 0.496 e. The van der Waals surface area contributed by atoms with Crippen LogP contribution in [0.3, 0.4) is 0 Å². The number of amides is 1. The quantitative estimate of drug-likeness (QED) is 0.653. The number of nitrogens with one attached hydrogen (secondary N) is 1. The molecule has 0 fully saturated rings. The molecule has 27 heavy (non-hydrogen) atoms. The molecule has 5 heteroatoms. The normalized spacial score (nSPS) is 11.7. The van der Waals surface area contributed by atoms with Crippen molar-refractivity contribution < 1.29 is 13.9 Å².